The van der Waals surface area contributed by atoms with Crippen molar-refractivity contribution in [3.8, 4) is 11.5 Å². The second-order valence-corrected chi connectivity index (χ2v) is 6.50. The van der Waals surface area contributed by atoms with Crippen molar-refractivity contribution >= 4 is 35.6 Å². The molecule has 1 aliphatic rings. The van der Waals surface area contributed by atoms with E-state index in [1.807, 2.05) is 0 Å². The summed E-state index contributed by atoms with van der Waals surface area (Å²) in [4.78, 5) is 50.3. The molecule has 1 saturated heterocycles. The van der Waals surface area contributed by atoms with Crippen molar-refractivity contribution in [2.45, 2.75) is 0 Å². The number of esters is 1. The Balaban J connectivity index is 1.99. The molecule has 2 aromatic rings. The minimum absolute atomic E-state index is 0.177. The van der Waals surface area contributed by atoms with Gasteiger partial charge in [0.05, 0.1) is 25.5 Å². The number of urea groups is 1. The van der Waals surface area contributed by atoms with E-state index in [1.165, 1.54) is 44.6 Å². The lowest BCUT2D eigenvalue weighted by molar-refractivity contribution is -0.122. The van der Waals surface area contributed by atoms with Gasteiger partial charge in [-0.15, -0.1) is 0 Å². The Morgan fingerprint density at radius 3 is 2.44 bits per heavy atom. The molecule has 0 aromatic heterocycles. The van der Waals surface area contributed by atoms with Crippen LogP contribution < -0.4 is 19.7 Å². The van der Waals surface area contributed by atoms with Crippen LogP contribution in [0.4, 0.5) is 10.5 Å². The number of carbonyl (C=O) groups excluding carboxylic acids is 4. The van der Waals surface area contributed by atoms with Gasteiger partial charge in [0, 0.05) is 11.6 Å². The molecule has 32 heavy (non-hydrogen) atoms. The number of methoxy groups -OCH3 is 2. The van der Waals surface area contributed by atoms with Crippen LogP contribution in [0, 0.1) is 0 Å². The summed E-state index contributed by atoms with van der Waals surface area (Å²) in [6, 6.07) is 9.60. The predicted molar refractivity (Wildman–Crippen MR) is 115 cm³/mol. The topological polar surface area (TPSA) is 111 Å². The fourth-order valence-corrected chi connectivity index (χ4v) is 2.95. The lowest BCUT2D eigenvalue weighted by atomic mass is 10.1. The molecule has 1 N–H and O–H groups in total. The fourth-order valence-electron chi connectivity index (χ4n) is 2.95. The molecular formula is C23H20N2O7. The molecule has 3 rings (SSSR count). The van der Waals surface area contributed by atoms with Crippen molar-refractivity contribution in [1.82, 2.24) is 5.32 Å². The second-order valence-electron chi connectivity index (χ2n) is 6.50. The molecule has 4 amide bonds. The average Bonchev–Trinajstić information content (AvgIpc) is 2.80. The summed E-state index contributed by atoms with van der Waals surface area (Å²) in [5.41, 5.74) is 0.586. The summed E-state index contributed by atoms with van der Waals surface area (Å²) >= 11 is 0. The van der Waals surface area contributed by atoms with Gasteiger partial charge in [-0.3, -0.25) is 14.9 Å². The normalized spacial score (nSPS) is 14.8. The fraction of sp³-hybridized carbons (Fsp3) is 0.130. The molecule has 1 heterocycles. The minimum atomic E-state index is -0.902. The van der Waals surface area contributed by atoms with E-state index < -0.39 is 23.8 Å². The predicted octanol–water partition coefficient (Wildman–Crippen LogP) is 2.71. The van der Waals surface area contributed by atoms with E-state index in [2.05, 4.69) is 16.6 Å². The number of nitrogens with one attached hydrogen (secondary N) is 1. The monoisotopic (exact) mass is 436 g/mol. The van der Waals surface area contributed by atoms with E-state index in [0.717, 1.165) is 4.90 Å². The number of hydrogen-bond acceptors (Lipinski definition) is 7. The van der Waals surface area contributed by atoms with Crippen LogP contribution in [0.3, 0.4) is 0 Å². The number of imide groups is 2. The minimum Gasteiger partial charge on any atom is -0.497 e. The Kier molecular flexibility index (Phi) is 6.69. The summed E-state index contributed by atoms with van der Waals surface area (Å²) in [6.45, 7) is 3.79. The number of hydrogen-bond donors (Lipinski definition) is 1. The first-order valence-electron chi connectivity index (χ1n) is 9.41. The molecule has 0 unspecified atom stereocenters. The van der Waals surface area contributed by atoms with Crippen LogP contribution in [-0.2, 0) is 14.3 Å². The standard InChI is InChI=1S/C23H20N2O7/c1-4-11-32-19-13-17(30-2)10-7-15(19)12-18-20(26)24-23(29)25(21(18)27)16-8-5-14(6-9-16)22(28)31-3/h4-10,12-13H,1,11H2,2-3H3,(H,24,26,29)/b18-12+. The van der Waals surface area contributed by atoms with Crippen LogP contribution in [0.5, 0.6) is 11.5 Å². The Bertz CT molecular complexity index is 1120. The maximum absolute atomic E-state index is 13.1. The molecule has 0 spiro atoms. The van der Waals surface area contributed by atoms with Gasteiger partial charge < -0.3 is 14.2 Å². The third-order valence-corrected chi connectivity index (χ3v) is 4.53. The van der Waals surface area contributed by atoms with Gasteiger partial charge in [0.25, 0.3) is 11.8 Å². The van der Waals surface area contributed by atoms with Gasteiger partial charge in [0.15, 0.2) is 0 Å². The average molecular weight is 436 g/mol. The third-order valence-electron chi connectivity index (χ3n) is 4.53. The van der Waals surface area contributed by atoms with Crippen LogP contribution in [0.2, 0.25) is 0 Å². The van der Waals surface area contributed by atoms with Crippen LogP contribution in [0.1, 0.15) is 15.9 Å². The van der Waals surface area contributed by atoms with Gasteiger partial charge in [-0.25, -0.2) is 14.5 Å². The quantitative estimate of drug-likeness (QED) is 0.307. The first-order valence-corrected chi connectivity index (χ1v) is 9.41. The summed E-state index contributed by atoms with van der Waals surface area (Å²) in [5, 5.41) is 2.15. The number of amides is 4. The summed E-state index contributed by atoms with van der Waals surface area (Å²) in [6.07, 6.45) is 2.88. The van der Waals surface area contributed by atoms with Gasteiger partial charge >= 0.3 is 12.0 Å². The maximum atomic E-state index is 13.1. The first-order chi connectivity index (χ1) is 15.4. The highest BCUT2D eigenvalue weighted by Gasteiger charge is 2.37. The van der Waals surface area contributed by atoms with Gasteiger partial charge in [0.2, 0.25) is 0 Å². The Labute approximate surface area is 183 Å². The summed E-state index contributed by atoms with van der Waals surface area (Å²) in [7, 11) is 2.74. The molecule has 0 bridgehead atoms. The highest BCUT2D eigenvalue weighted by atomic mass is 16.5. The highest BCUT2D eigenvalue weighted by molar-refractivity contribution is 6.39. The summed E-state index contributed by atoms with van der Waals surface area (Å²) in [5.74, 6) is -1.34. The van der Waals surface area contributed by atoms with Gasteiger partial charge in [-0.2, -0.15) is 0 Å². The number of benzene rings is 2. The van der Waals surface area contributed by atoms with Gasteiger partial charge in [-0.1, -0.05) is 12.7 Å². The first kappa shape index (κ1) is 22.3. The molecule has 0 radical (unpaired) electrons. The highest BCUT2D eigenvalue weighted by Crippen LogP contribution is 2.29. The van der Waals surface area contributed by atoms with E-state index in [4.69, 9.17) is 9.47 Å². The summed E-state index contributed by atoms with van der Waals surface area (Å²) < 4.78 is 15.4. The molecule has 164 valence electrons. The van der Waals surface area contributed by atoms with Gasteiger partial charge in [-0.05, 0) is 42.5 Å². The van der Waals surface area contributed by atoms with E-state index in [9.17, 15) is 19.2 Å². The Hall–Kier alpha value is -4.40. The number of nitrogens with zero attached hydrogens (tertiary/aromatic N) is 1. The van der Waals surface area contributed by atoms with Crippen molar-refractivity contribution in [2.24, 2.45) is 0 Å². The third kappa shape index (κ3) is 4.51. The van der Waals surface area contributed by atoms with Gasteiger partial charge in [0.1, 0.15) is 23.7 Å². The van der Waals surface area contributed by atoms with Crippen molar-refractivity contribution in [3.63, 3.8) is 0 Å². The number of barbiturate groups is 1. The lowest BCUT2D eigenvalue weighted by Crippen LogP contribution is -2.54. The van der Waals surface area contributed by atoms with Crippen LogP contribution in [0.25, 0.3) is 6.08 Å². The smallest absolute Gasteiger partial charge is 0.337 e. The molecular weight excluding hydrogens is 416 g/mol. The van der Waals surface area contributed by atoms with E-state index >= 15 is 0 Å². The van der Waals surface area contributed by atoms with E-state index in [-0.39, 0.29) is 23.4 Å². The van der Waals surface area contributed by atoms with E-state index in [0.29, 0.717) is 17.1 Å². The number of anilines is 1. The molecule has 9 nitrogen and oxygen atoms in total. The molecule has 9 heteroatoms. The van der Waals surface area contributed by atoms with Crippen molar-refractivity contribution in [3.05, 3.63) is 71.8 Å². The van der Waals surface area contributed by atoms with Crippen molar-refractivity contribution in [2.75, 3.05) is 25.7 Å². The Morgan fingerprint density at radius 2 is 1.81 bits per heavy atom. The molecule has 1 aliphatic heterocycles. The molecule has 0 saturated carbocycles. The number of rotatable bonds is 7. The molecule has 0 aliphatic carbocycles. The molecule has 1 fully saturated rings. The Morgan fingerprint density at radius 1 is 1.09 bits per heavy atom. The van der Waals surface area contributed by atoms with Crippen LogP contribution >= 0.6 is 0 Å². The molecule has 2 aromatic carbocycles. The van der Waals surface area contributed by atoms with Crippen molar-refractivity contribution in [1.29, 1.82) is 0 Å². The lowest BCUT2D eigenvalue weighted by Gasteiger charge is -2.26. The molecule has 0 atom stereocenters. The zero-order chi connectivity index (χ0) is 23.3. The number of ether oxygens (including phenoxy) is 3. The van der Waals surface area contributed by atoms with Crippen LogP contribution in [0.15, 0.2) is 60.7 Å². The SMILES string of the molecule is C=CCOc1cc(OC)ccc1/C=C1\C(=O)NC(=O)N(c2ccc(C(=O)OC)cc2)C1=O. The number of carbonyl (C=O) groups is 4. The zero-order valence-electron chi connectivity index (χ0n) is 17.4. The second kappa shape index (κ2) is 9.61. The van der Waals surface area contributed by atoms with Crippen molar-refractivity contribution < 1.29 is 33.4 Å². The van der Waals surface area contributed by atoms with E-state index in [1.54, 1.807) is 24.3 Å². The zero-order valence-corrected chi connectivity index (χ0v) is 17.4. The van der Waals surface area contributed by atoms with Crippen LogP contribution in [-0.4, -0.2) is 44.6 Å². The maximum Gasteiger partial charge on any atom is 0.337 e. The largest absolute Gasteiger partial charge is 0.497 e.